The van der Waals surface area contributed by atoms with E-state index in [1.165, 1.54) is 0 Å². The van der Waals surface area contributed by atoms with Gasteiger partial charge in [0.05, 0.1) is 0 Å². The molecule has 1 aromatic heterocycles. The van der Waals surface area contributed by atoms with Gasteiger partial charge in [0, 0.05) is 5.39 Å². The fourth-order valence-electron chi connectivity index (χ4n) is 1.28. The first-order valence-corrected chi connectivity index (χ1v) is 4.67. The summed E-state index contributed by atoms with van der Waals surface area (Å²) in [6.45, 7) is 1.89. The zero-order valence-corrected chi connectivity index (χ0v) is 8.59. The van der Waals surface area contributed by atoms with E-state index in [9.17, 15) is 4.79 Å². The molecule has 0 aliphatic rings. The highest BCUT2D eigenvalue weighted by Crippen LogP contribution is 2.21. The fourth-order valence-corrected chi connectivity index (χ4v) is 1.58. The van der Waals surface area contributed by atoms with E-state index < -0.39 is 0 Å². The van der Waals surface area contributed by atoms with Gasteiger partial charge in [-0.1, -0.05) is 18.2 Å². The lowest BCUT2D eigenvalue weighted by Gasteiger charge is -2.00. The number of rotatable bonds is 0. The summed E-state index contributed by atoms with van der Waals surface area (Å²) in [6, 6.07) is 7.48. The number of fused-ring (bicyclic) bond motifs is 1. The summed E-state index contributed by atoms with van der Waals surface area (Å²) in [7, 11) is 0. The van der Waals surface area contributed by atoms with Gasteiger partial charge in [-0.3, -0.25) is 0 Å². The van der Waals surface area contributed by atoms with Crippen LogP contribution in [-0.4, -0.2) is 0 Å². The standard InChI is InChI=1S/C10H7BrO2/c1-6-7-4-2-3-5-8(7)13-10(12)9(6)11/h2-5H,1H3. The molecule has 2 nitrogen and oxygen atoms in total. The first-order valence-electron chi connectivity index (χ1n) is 3.88. The van der Waals surface area contributed by atoms with Crippen LogP contribution in [0.2, 0.25) is 0 Å². The molecule has 0 atom stereocenters. The Morgan fingerprint density at radius 1 is 1.31 bits per heavy atom. The molecule has 2 rings (SSSR count). The van der Waals surface area contributed by atoms with Gasteiger partial charge >= 0.3 is 5.63 Å². The van der Waals surface area contributed by atoms with Gasteiger partial charge in [0.25, 0.3) is 0 Å². The second-order valence-electron chi connectivity index (χ2n) is 2.82. The summed E-state index contributed by atoms with van der Waals surface area (Å²) in [5.74, 6) is 0. The van der Waals surface area contributed by atoms with Gasteiger partial charge < -0.3 is 4.42 Å². The molecule has 1 aromatic carbocycles. The van der Waals surface area contributed by atoms with E-state index in [2.05, 4.69) is 15.9 Å². The van der Waals surface area contributed by atoms with E-state index in [0.29, 0.717) is 10.1 Å². The highest BCUT2D eigenvalue weighted by molar-refractivity contribution is 9.10. The number of para-hydroxylation sites is 1. The minimum Gasteiger partial charge on any atom is -0.422 e. The molecule has 0 saturated heterocycles. The monoisotopic (exact) mass is 238 g/mol. The SMILES string of the molecule is Cc1c(Br)c(=O)oc2ccccc12. The van der Waals surface area contributed by atoms with Crippen molar-refractivity contribution in [2.45, 2.75) is 6.92 Å². The predicted octanol–water partition coefficient (Wildman–Crippen LogP) is 2.86. The molecule has 0 radical (unpaired) electrons. The second-order valence-corrected chi connectivity index (χ2v) is 3.62. The van der Waals surface area contributed by atoms with Crippen LogP contribution in [0.5, 0.6) is 0 Å². The van der Waals surface area contributed by atoms with Crippen molar-refractivity contribution in [1.82, 2.24) is 0 Å². The summed E-state index contributed by atoms with van der Waals surface area (Å²) in [4.78, 5) is 11.2. The van der Waals surface area contributed by atoms with Crippen molar-refractivity contribution >= 4 is 26.9 Å². The lowest BCUT2D eigenvalue weighted by Crippen LogP contribution is -2.01. The second kappa shape index (κ2) is 3.00. The molecule has 0 N–H and O–H groups in total. The van der Waals surface area contributed by atoms with Crippen LogP contribution < -0.4 is 5.63 Å². The molecule has 0 fully saturated rings. The Morgan fingerprint density at radius 2 is 2.00 bits per heavy atom. The Labute approximate surface area is 83.3 Å². The molecular weight excluding hydrogens is 232 g/mol. The minimum atomic E-state index is -0.323. The summed E-state index contributed by atoms with van der Waals surface area (Å²) in [6.07, 6.45) is 0. The number of halogens is 1. The van der Waals surface area contributed by atoms with Gasteiger partial charge in [0.1, 0.15) is 10.1 Å². The Bertz CT molecular complexity index is 514. The van der Waals surface area contributed by atoms with Crippen LogP contribution in [0.25, 0.3) is 11.0 Å². The van der Waals surface area contributed by atoms with Gasteiger partial charge in [0.2, 0.25) is 0 Å². The molecule has 0 amide bonds. The topological polar surface area (TPSA) is 30.2 Å². The Morgan fingerprint density at radius 3 is 2.77 bits per heavy atom. The van der Waals surface area contributed by atoms with E-state index in [-0.39, 0.29) is 5.63 Å². The number of aryl methyl sites for hydroxylation is 1. The zero-order valence-electron chi connectivity index (χ0n) is 7.00. The number of hydrogen-bond donors (Lipinski definition) is 0. The Balaban J connectivity index is 3.02. The lowest BCUT2D eigenvalue weighted by molar-refractivity contribution is 0.555. The molecule has 2 aromatic rings. The van der Waals surface area contributed by atoms with Gasteiger partial charge in [-0.2, -0.15) is 0 Å². The van der Waals surface area contributed by atoms with Crippen molar-refractivity contribution in [2.24, 2.45) is 0 Å². The highest BCUT2D eigenvalue weighted by atomic mass is 79.9. The third-order valence-electron chi connectivity index (χ3n) is 2.00. The Kier molecular flexibility index (Phi) is 1.96. The van der Waals surface area contributed by atoms with Gasteiger partial charge in [-0.25, -0.2) is 4.79 Å². The van der Waals surface area contributed by atoms with Crippen LogP contribution in [0.4, 0.5) is 0 Å². The molecule has 0 spiro atoms. The van der Waals surface area contributed by atoms with Crippen molar-refractivity contribution in [3.63, 3.8) is 0 Å². The van der Waals surface area contributed by atoms with Gasteiger partial charge in [0.15, 0.2) is 0 Å². The summed E-state index contributed by atoms with van der Waals surface area (Å²) in [5, 5.41) is 0.967. The average Bonchev–Trinajstić information content (AvgIpc) is 2.15. The van der Waals surface area contributed by atoms with Crippen LogP contribution in [0.3, 0.4) is 0 Å². The molecule has 13 heavy (non-hydrogen) atoms. The Hall–Kier alpha value is -1.09. The fraction of sp³-hybridized carbons (Fsp3) is 0.100. The van der Waals surface area contributed by atoms with E-state index in [0.717, 1.165) is 10.9 Å². The summed E-state index contributed by atoms with van der Waals surface area (Å²) < 4.78 is 5.58. The molecule has 1 heterocycles. The van der Waals surface area contributed by atoms with Crippen LogP contribution in [0.15, 0.2) is 37.9 Å². The van der Waals surface area contributed by atoms with Crippen molar-refractivity contribution < 1.29 is 4.42 Å². The minimum absolute atomic E-state index is 0.323. The quantitative estimate of drug-likeness (QED) is 0.661. The maximum atomic E-state index is 11.2. The van der Waals surface area contributed by atoms with Crippen LogP contribution in [0.1, 0.15) is 5.56 Å². The first-order chi connectivity index (χ1) is 6.20. The maximum Gasteiger partial charge on any atom is 0.350 e. The predicted molar refractivity (Wildman–Crippen MR) is 54.9 cm³/mol. The molecule has 0 aliphatic carbocycles. The van der Waals surface area contributed by atoms with Gasteiger partial charge in [-0.05, 0) is 34.5 Å². The van der Waals surface area contributed by atoms with Crippen molar-refractivity contribution in [1.29, 1.82) is 0 Å². The van der Waals surface area contributed by atoms with Crippen LogP contribution in [-0.2, 0) is 0 Å². The highest BCUT2D eigenvalue weighted by Gasteiger charge is 2.06. The van der Waals surface area contributed by atoms with E-state index >= 15 is 0 Å². The molecule has 3 heteroatoms. The third-order valence-corrected chi connectivity index (χ3v) is 2.92. The molecule has 0 unspecified atom stereocenters. The zero-order chi connectivity index (χ0) is 9.42. The molecule has 0 bridgehead atoms. The molecule has 0 aliphatic heterocycles. The number of benzene rings is 1. The smallest absolute Gasteiger partial charge is 0.350 e. The van der Waals surface area contributed by atoms with E-state index in [1.807, 2.05) is 25.1 Å². The van der Waals surface area contributed by atoms with Crippen molar-refractivity contribution in [3.05, 3.63) is 44.7 Å². The molecular formula is C10H7BrO2. The molecule has 0 saturated carbocycles. The molecule has 66 valence electrons. The summed E-state index contributed by atoms with van der Waals surface area (Å²) in [5.41, 5.74) is 1.23. The summed E-state index contributed by atoms with van der Waals surface area (Å²) >= 11 is 3.19. The first kappa shape index (κ1) is 8.51. The van der Waals surface area contributed by atoms with Crippen LogP contribution >= 0.6 is 15.9 Å². The van der Waals surface area contributed by atoms with E-state index in [1.54, 1.807) is 6.07 Å². The van der Waals surface area contributed by atoms with Crippen molar-refractivity contribution in [3.8, 4) is 0 Å². The third kappa shape index (κ3) is 1.29. The lowest BCUT2D eigenvalue weighted by atomic mass is 10.1. The number of hydrogen-bond acceptors (Lipinski definition) is 2. The van der Waals surface area contributed by atoms with Crippen LogP contribution in [0, 0.1) is 6.92 Å². The maximum absolute atomic E-state index is 11.2. The average molecular weight is 239 g/mol. The van der Waals surface area contributed by atoms with Crippen molar-refractivity contribution in [2.75, 3.05) is 0 Å². The normalized spacial score (nSPS) is 10.6. The van der Waals surface area contributed by atoms with Gasteiger partial charge in [-0.15, -0.1) is 0 Å². The van der Waals surface area contributed by atoms with E-state index in [4.69, 9.17) is 4.42 Å². The largest absolute Gasteiger partial charge is 0.422 e.